The number of methoxy groups -OCH3 is 1. The lowest BCUT2D eigenvalue weighted by Gasteiger charge is -2.14. The highest BCUT2D eigenvalue weighted by Crippen LogP contribution is 2.39. The van der Waals surface area contributed by atoms with Gasteiger partial charge in [0.1, 0.15) is 16.5 Å². The molecule has 0 aliphatic carbocycles. The molecular weight excluding hydrogens is 722 g/mol. The lowest BCUT2D eigenvalue weighted by atomic mass is 10.1. The molecule has 0 heterocycles. The Balaban J connectivity index is 1.90. The van der Waals surface area contributed by atoms with Gasteiger partial charge >= 0.3 is 10.1 Å². The molecule has 0 radical (unpaired) electrons. The third-order valence-electron chi connectivity index (χ3n) is 5.01. The van der Waals surface area contributed by atoms with Crippen LogP contribution in [0.1, 0.15) is 18.1 Å². The van der Waals surface area contributed by atoms with Gasteiger partial charge in [-0.05, 0) is 120 Å². The number of carbonyl (C=O) groups is 2. The fourth-order valence-electron chi connectivity index (χ4n) is 3.29. The number of rotatable bonds is 8. The van der Waals surface area contributed by atoms with Crippen LogP contribution in [-0.2, 0) is 19.7 Å². The molecule has 39 heavy (non-hydrogen) atoms. The largest absolute Gasteiger partial charge is 0.493 e. The first-order valence-electron chi connectivity index (χ1n) is 10.9. The molecule has 3 aromatic rings. The molecule has 3 rings (SSSR count). The first-order valence-corrected chi connectivity index (χ1v) is 14.7. The Kier molecular flexibility index (Phi) is 9.95. The summed E-state index contributed by atoms with van der Waals surface area (Å²) in [5.41, 5.74) is 2.02. The van der Waals surface area contributed by atoms with Crippen LogP contribution in [0.2, 0.25) is 0 Å². The fourth-order valence-corrected chi connectivity index (χ4v) is 6.50. The summed E-state index contributed by atoms with van der Waals surface area (Å²) in [4.78, 5) is 23.9. The van der Waals surface area contributed by atoms with E-state index in [4.69, 9.17) is 8.92 Å². The van der Waals surface area contributed by atoms with Crippen molar-refractivity contribution in [3.05, 3.63) is 78.6 Å². The van der Waals surface area contributed by atoms with Crippen LogP contribution in [0.15, 0.2) is 72.4 Å². The zero-order valence-corrected chi connectivity index (χ0v) is 26.2. The summed E-state index contributed by atoms with van der Waals surface area (Å²) < 4.78 is 38.0. The maximum absolute atomic E-state index is 12.9. The highest BCUT2D eigenvalue weighted by Gasteiger charge is 2.23. The van der Waals surface area contributed by atoms with Crippen molar-refractivity contribution in [1.29, 1.82) is 5.26 Å². The predicted octanol–water partition coefficient (Wildman–Crippen LogP) is 6.56. The van der Waals surface area contributed by atoms with Crippen LogP contribution >= 0.6 is 47.8 Å². The Morgan fingerprint density at radius 3 is 2.13 bits per heavy atom. The molecule has 0 spiro atoms. The van der Waals surface area contributed by atoms with Crippen LogP contribution in [0.3, 0.4) is 0 Å². The van der Waals surface area contributed by atoms with Crippen molar-refractivity contribution >= 4 is 87.2 Å². The van der Waals surface area contributed by atoms with Crippen molar-refractivity contribution in [2.45, 2.75) is 18.7 Å². The van der Waals surface area contributed by atoms with E-state index in [9.17, 15) is 23.3 Å². The summed E-state index contributed by atoms with van der Waals surface area (Å²) in [6, 6.07) is 13.9. The maximum atomic E-state index is 12.9. The Hall–Kier alpha value is -3.18. The van der Waals surface area contributed by atoms with Crippen molar-refractivity contribution < 1.29 is 26.9 Å². The van der Waals surface area contributed by atoms with Gasteiger partial charge in [0.2, 0.25) is 5.91 Å². The van der Waals surface area contributed by atoms with Gasteiger partial charge < -0.3 is 19.6 Å². The van der Waals surface area contributed by atoms with Gasteiger partial charge in [0.25, 0.3) is 5.91 Å². The standard InChI is InChI=1S/C26H20Br3N3O6S/c1-14-8-20(27)24(21(28)9-14)32-26(34)17(13-30)10-16-11-22(29)25(23(12-16)37-3)38-39(35,36)19-6-4-18(5-7-19)31-15(2)33/h4-12H,1-3H3,(H,31,33)(H,32,34)/b17-10+. The first-order chi connectivity index (χ1) is 18.3. The molecule has 0 aromatic heterocycles. The molecule has 0 unspecified atom stereocenters. The maximum Gasteiger partial charge on any atom is 0.339 e. The predicted molar refractivity (Wildman–Crippen MR) is 158 cm³/mol. The SMILES string of the molecule is COc1cc(/C=C(\C#N)C(=O)Nc2c(Br)cc(C)cc2Br)cc(Br)c1OS(=O)(=O)c1ccc(NC(C)=O)cc1. The van der Waals surface area contributed by atoms with Gasteiger partial charge in [0.15, 0.2) is 11.5 Å². The summed E-state index contributed by atoms with van der Waals surface area (Å²) in [5.74, 6) is -1.03. The number of nitrogens with zero attached hydrogens (tertiary/aromatic N) is 1. The van der Waals surface area contributed by atoms with E-state index < -0.39 is 16.0 Å². The second kappa shape index (κ2) is 12.8. The summed E-state index contributed by atoms with van der Waals surface area (Å²) in [6.07, 6.45) is 1.33. The second-order valence-corrected chi connectivity index (χ2v) is 12.1. The minimum Gasteiger partial charge on any atom is -0.493 e. The van der Waals surface area contributed by atoms with Gasteiger partial charge in [-0.3, -0.25) is 9.59 Å². The van der Waals surface area contributed by atoms with Crippen molar-refractivity contribution in [2.75, 3.05) is 17.7 Å². The van der Waals surface area contributed by atoms with Crippen LogP contribution in [0.5, 0.6) is 11.5 Å². The molecule has 13 heteroatoms. The van der Waals surface area contributed by atoms with E-state index >= 15 is 0 Å². The van der Waals surface area contributed by atoms with Gasteiger partial charge in [-0.15, -0.1) is 0 Å². The summed E-state index contributed by atoms with van der Waals surface area (Å²) in [5, 5.41) is 14.9. The minimum absolute atomic E-state index is 0.0378. The van der Waals surface area contributed by atoms with Crippen LogP contribution in [-0.4, -0.2) is 27.3 Å². The lowest BCUT2D eigenvalue weighted by Crippen LogP contribution is -2.14. The smallest absolute Gasteiger partial charge is 0.339 e. The van der Waals surface area contributed by atoms with Crippen LogP contribution in [0.4, 0.5) is 11.4 Å². The van der Waals surface area contributed by atoms with Gasteiger partial charge in [0, 0.05) is 21.6 Å². The Morgan fingerprint density at radius 2 is 1.59 bits per heavy atom. The molecule has 0 bridgehead atoms. The lowest BCUT2D eigenvalue weighted by molar-refractivity contribution is -0.114. The van der Waals surface area contributed by atoms with Gasteiger partial charge in [-0.2, -0.15) is 13.7 Å². The molecule has 0 saturated heterocycles. The van der Waals surface area contributed by atoms with E-state index in [1.807, 2.05) is 25.1 Å². The third-order valence-corrected chi connectivity index (χ3v) is 8.08. The molecule has 3 aromatic carbocycles. The van der Waals surface area contributed by atoms with Crippen molar-refractivity contribution in [3.8, 4) is 17.6 Å². The number of nitriles is 1. The second-order valence-electron chi connectivity index (χ2n) is 8.00. The summed E-state index contributed by atoms with van der Waals surface area (Å²) >= 11 is 10.1. The monoisotopic (exact) mass is 739 g/mol. The zero-order valence-electron chi connectivity index (χ0n) is 20.6. The molecule has 2 N–H and O–H groups in total. The molecule has 2 amide bonds. The number of amides is 2. The molecule has 0 fully saturated rings. The normalized spacial score (nSPS) is 11.4. The van der Waals surface area contributed by atoms with Gasteiger partial charge in [-0.25, -0.2) is 0 Å². The van der Waals surface area contributed by atoms with Gasteiger partial charge in [0.05, 0.1) is 17.3 Å². The van der Waals surface area contributed by atoms with E-state index in [0.29, 0.717) is 25.9 Å². The van der Waals surface area contributed by atoms with E-state index in [0.717, 1.165) is 5.56 Å². The van der Waals surface area contributed by atoms with Crippen molar-refractivity contribution in [1.82, 2.24) is 0 Å². The topological polar surface area (TPSA) is 135 Å². The van der Waals surface area contributed by atoms with E-state index in [1.165, 1.54) is 56.5 Å². The zero-order chi connectivity index (χ0) is 28.9. The number of aryl methyl sites for hydroxylation is 1. The molecule has 9 nitrogen and oxygen atoms in total. The van der Waals surface area contributed by atoms with Crippen LogP contribution in [0, 0.1) is 18.3 Å². The molecular formula is C26H20Br3N3O6S. The number of carbonyl (C=O) groups excluding carboxylic acids is 2. The number of anilines is 2. The number of benzene rings is 3. The fraction of sp³-hybridized carbons (Fsp3) is 0.115. The van der Waals surface area contributed by atoms with Crippen LogP contribution in [0.25, 0.3) is 6.08 Å². The number of ether oxygens (including phenoxy) is 1. The van der Waals surface area contributed by atoms with Crippen molar-refractivity contribution in [2.24, 2.45) is 0 Å². The Bertz CT molecular complexity index is 1610. The number of nitrogens with one attached hydrogen (secondary N) is 2. The van der Waals surface area contributed by atoms with Crippen molar-refractivity contribution in [3.63, 3.8) is 0 Å². The molecule has 0 saturated carbocycles. The Labute approximate surface area is 250 Å². The molecule has 202 valence electrons. The third kappa shape index (κ3) is 7.69. The summed E-state index contributed by atoms with van der Waals surface area (Å²) in [7, 11) is -2.96. The van der Waals surface area contributed by atoms with E-state index in [-0.39, 0.29) is 32.3 Å². The molecule has 0 atom stereocenters. The number of hydrogen-bond acceptors (Lipinski definition) is 7. The Morgan fingerprint density at radius 1 is 0.974 bits per heavy atom. The van der Waals surface area contributed by atoms with E-state index in [2.05, 4.69) is 58.4 Å². The highest BCUT2D eigenvalue weighted by atomic mass is 79.9. The highest BCUT2D eigenvalue weighted by molar-refractivity contribution is 9.11. The average molecular weight is 742 g/mol. The number of halogens is 3. The van der Waals surface area contributed by atoms with E-state index in [1.54, 1.807) is 0 Å². The minimum atomic E-state index is -4.28. The van der Waals surface area contributed by atoms with Crippen LogP contribution < -0.4 is 19.6 Å². The molecule has 0 aliphatic rings. The first kappa shape index (κ1) is 30.4. The summed E-state index contributed by atoms with van der Waals surface area (Å²) in [6.45, 7) is 3.24. The average Bonchev–Trinajstić information content (AvgIpc) is 2.85. The van der Waals surface area contributed by atoms with Gasteiger partial charge in [-0.1, -0.05) is 0 Å². The molecule has 0 aliphatic heterocycles. The number of hydrogen-bond donors (Lipinski definition) is 2. The quantitative estimate of drug-likeness (QED) is 0.152.